The molecule has 2 aromatic carbocycles. The first kappa shape index (κ1) is 24.3. The highest BCUT2D eigenvalue weighted by atomic mass is 32.2. The van der Waals surface area contributed by atoms with E-state index >= 15 is 0 Å². The van der Waals surface area contributed by atoms with E-state index in [2.05, 4.69) is 5.32 Å². The lowest BCUT2D eigenvalue weighted by Gasteiger charge is -2.32. The van der Waals surface area contributed by atoms with Crippen molar-refractivity contribution in [2.24, 2.45) is 0 Å². The zero-order valence-electron chi connectivity index (χ0n) is 18.1. The van der Waals surface area contributed by atoms with E-state index in [9.17, 15) is 22.4 Å². The summed E-state index contributed by atoms with van der Waals surface area (Å²) in [6.07, 6.45) is 1.00. The predicted molar refractivity (Wildman–Crippen MR) is 118 cm³/mol. The van der Waals surface area contributed by atoms with Gasteiger partial charge in [-0.1, -0.05) is 36.4 Å². The Morgan fingerprint density at radius 2 is 1.58 bits per heavy atom. The molecule has 1 atom stereocenters. The Kier molecular flexibility index (Phi) is 8.15. The fourth-order valence-corrected chi connectivity index (χ4v) is 3.86. The summed E-state index contributed by atoms with van der Waals surface area (Å²) in [6.45, 7) is 4.41. The van der Waals surface area contributed by atoms with Gasteiger partial charge in [0.2, 0.25) is 21.8 Å². The van der Waals surface area contributed by atoms with E-state index < -0.39 is 40.2 Å². The third-order valence-electron chi connectivity index (χ3n) is 4.62. The molecule has 9 heteroatoms. The van der Waals surface area contributed by atoms with E-state index in [1.54, 1.807) is 50.2 Å². The van der Waals surface area contributed by atoms with Gasteiger partial charge in [-0.05, 0) is 39.0 Å². The second-order valence-corrected chi connectivity index (χ2v) is 9.46. The average molecular weight is 450 g/mol. The van der Waals surface area contributed by atoms with Crippen molar-refractivity contribution in [3.05, 3.63) is 66.0 Å². The smallest absolute Gasteiger partial charge is 0.244 e. The van der Waals surface area contributed by atoms with Crippen LogP contribution in [0.3, 0.4) is 0 Å². The number of rotatable bonds is 9. The van der Waals surface area contributed by atoms with E-state index in [0.717, 1.165) is 10.6 Å². The molecular weight excluding hydrogens is 421 g/mol. The lowest BCUT2D eigenvalue weighted by molar-refractivity contribution is -0.139. The van der Waals surface area contributed by atoms with E-state index in [-0.39, 0.29) is 18.2 Å². The van der Waals surface area contributed by atoms with Gasteiger partial charge in [-0.3, -0.25) is 13.9 Å². The van der Waals surface area contributed by atoms with Crippen LogP contribution in [0.25, 0.3) is 0 Å². The van der Waals surface area contributed by atoms with E-state index in [4.69, 9.17) is 0 Å². The van der Waals surface area contributed by atoms with Gasteiger partial charge in [0.25, 0.3) is 0 Å². The number of hydrogen-bond donors (Lipinski definition) is 1. The molecule has 1 N–H and O–H groups in total. The quantitative estimate of drug-likeness (QED) is 0.637. The molecule has 0 saturated carbocycles. The zero-order chi connectivity index (χ0) is 23.2. The van der Waals surface area contributed by atoms with Crippen molar-refractivity contribution < 1.29 is 22.4 Å². The average Bonchev–Trinajstić information content (AvgIpc) is 2.70. The van der Waals surface area contributed by atoms with Crippen LogP contribution < -0.4 is 9.62 Å². The Morgan fingerprint density at radius 1 is 1.00 bits per heavy atom. The number of carbonyl (C=O) groups excluding carboxylic acids is 2. The highest BCUT2D eigenvalue weighted by Gasteiger charge is 2.30. The molecule has 2 aromatic rings. The summed E-state index contributed by atoms with van der Waals surface area (Å²) in [5.41, 5.74) is 0.550. The number of anilines is 1. The number of carbonyl (C=O) groups is 2. The lowest BCUT2D eigenvalue weighted by Crippen LogP contribution is -2.52. The highest BCUT2D eigenvalue weighted by molar-refractivity contribution is 7.92. The zero-order valence-corrected chi connectivity index (χ0v) is 18.9. The fraction of sp³-hybridized carbons (Fsp3) is 0.364. The number of nitrogens with one attached hydrogen (secondary N) is 1. The monoisotopic (exact) mass is 449 g/mol. The van der Waals surface area contributed by atoms with E-state index in [1.165, 1.54) is 30.0 Å². The van der Waals surface area contributed by atoms with Crippen molar-refractivity contribution in [2.45, 2.75) is 39.4 Å². The number of amides is 2. The molecule has 2 amide bonds. The van der Waals surface area contributed by atoms with Crippen molar-refractivity contribution in [3.63, 3.8) is 0 Å². The Hall–Kier alpha value is -2.94. The van der Waals surface area contributed by atoms with Crippen LogP contribution in [0.2, 0.25) is 0 Å². The number of benzene rings is 2. The maximum absolute atomic E-state index is 14.3. The molecular formula is C22H28FN3O4S. The molecule has 0 radical (unpaired) electrons. The molecule has 0 bridgehead atoms. The summed E-state index contributed by atoms with van der Waals surface area (Å²) >= 11 is 0. The lowest BCUT2D eigenvalue weighted by atomic mass is 10.1. The normalized spacial score (nSPS) is 12.3. The minimum Gasteiger partial charge on any atom is -0.352 e. The highest BCUT2D eigenvalue weighted by Crippen LogP contribution is 2.19. The molecule has 0 fully saturated rings. The van der Waals surface area contributed by atoms with Gasteiger partial charge in [-0.2, -0.15) is 0 Å². The minimum atomic E-state index is -3.78. The van der Waals surface area contributed by atoms with Crippen LogP contribution >= 0.6 is 0 Å². The summed E-state index contributed by atoms with van der Waals surface area (Å²) in [5, 5.41) is 2.74. The van der Waals surface area contributed by atoms with Gasteiger partial charge in [0.1, 0.15) is 18.4 Å². The van der Waals surface area contributed by atoms with Crippen molar-refractivity contribution in [1.82, 2.24) is 10.2 Å². The Bertz CT molecular complexity index is 1010. The Labute approximate surface area is 182 Å². The number of halogens is 1. The van der Waals surface area contributed by atoms with Gasteiger partial charge in [0, 0.05) is 18.2 Å². The molecule has 0 aromatic heterocycles. The van der Waals surface area contributed by atoms with E-state index in [0.29, 0.717) is 5.69 Å². The number of hydrogen-bond acceptors (Lipinski definition) is 4. The maximum atomic E-state index is 14.3. The fourth-order valence-electron chi connectivity index (χ4n) is 3.01. The number of nitrogens with zero attached hydrogens (tertiary/aromatic N) is 2. The molecule has 31 heavy (non-hydrogen) atoms. The molecule has 0 spiro atoms. The first-order chi connectivity index (χ1) is 14.5. The second-order valence-electron chi connectivity index (χ2n) is 7.56. The van der Waals surface area contributed by atoms with Crippen LogP contribution in [0, 0.1) is 5.82 Å². The predicted octanol–water partition coefficient (Wildman–Crippen LogP) is 2.53. The number of sulfonamides is 1. The van der Waals surface area contributed by atoms with Gasteiger partial charge >= 0.3 is 0 Å². The molecule has 0 aliphatic rings. The summed E-state index contributed by atoms with van der Waals surface area (Å²) in [5.74, 6) is -1.55. The molecule has 7 nitrogen and oxygen atoms in total. The summed E-state index contributed by atoms with van der Waals surface area (Å²) in [6, 6.07) is 13.1. The number of para-hydroxylation sites is 1. The molecule has 0 heterocycles. The van der Waals surface area contributed by atoms with Gasteiger partial charge in [0.05, 0.1) is 11.9 Å². The Balaban J connectivity index is 2.38. The van der Waals surface area contributed by atoms with Gasteiger partial charge in [0.15, 0.2) is 0 Å². The third kappa shape index (κ3) is 6.78. The molecule has 2 rings (SSSR count). The Morgan fingerprint density at radius 3 is 2.13 bits per heavy atom. The van der Waals surface area contributed by atoms with Crippen LogP contribution in [0.5, 0.6) is 0 Å². The summed E-state index contributed by atoms with van der Waals surface area (Å²) < 4.78 is 40.0. The first-order valence-electron chi connectivity index (χ1n) is 9.86. The summed E-state index contributed by atoms with van der Waals surface area (Å²) in [7, 11) is -3.78. The molecule has 0 saturated heterocycles. The SMILES string of the molecule is CC(C)NC(=O)[C@@H](C)N(Cc1ccccc1F)C(=O)CN(c1ccccc1)S(C)(=O)=O. The summed E-state index contributed by atoms with van der Waals surface area (Å²) in [4.78, 5) is 27.0. The van der Waals surface area contributed by atoms with Crippen molar-refractivity contribution in [3.8, 4) is 0 Å². The minimum absolute atomic E-state index is 0.155. The van der Waals surface area contributed by atoms with Crippen LogP contribution in [0.4, 0.5) is 10.1 Å². The van der Waals surface area contributed by atoms with Crippen molar-refractivity contribution >= 4 is 27.5 Å². The van der Waals surface area contributed by atoms with Gasteiger partial charge < -0.3 is 10.2 Å². The van der Waals surface area contributed by atoms with Crippen molar-refractivity contribution in [2.75, 3.05) is 17.1 Å². The third-order valence-corrected chi connectivity index (χ3v) is 5.76. The van der Waals surface area contributed by atoms with Crippen LogP contribution in [0.15, 0.2) is 54.6 Å². The van der Waals surface area contributed by atoms with E-state index in [1.807, 2.05) is 0 Å². The van der Waals surface area contributed by atoms with Crippen molar-refractivity contribution in [1.29, 1.82) is 0 Å². The first-order valence-corrected chi connectivity index (χ1v) is 11.7. The van der Waals surface area contributed by atoms with Gasteiger partial charge in [-0.15, -0.1) is 0 Å². The van der Waals surface area contributed by atoms with Crippen LogP contribution in [-0.2, 0) is 26.2 Å². The van der Waals surface area contributed by atoms with Gasteiger partial charge in [-0.25, -0.2) is 12.8 Å². The molecule has 0 aliphatic carbocycles. The maximum Gasteiger partial charge on any atom is 0.244 e. The standard InChI is InChI=1S/C22H28FN3O4S/c1-16(2)24-22(28)17(3)25(14-18-10-8-9-13-20(18)23)21(27)15-26(31(4,29)30)19-11-6-5-7-12-19/h5-13,16-17H,14-15H2,1-4H3,(H,24,28)/t17-/m1/s1. The topological polar surface area (TPSA) is 86.8 Å². The molecule has 0 aliphatic heterocycles. The molecule has 0 unspecified atom stereocenters. The second kappa shape index (κ2) is 10.4. The van der Waals surface area contributed by atoms with Crippen LogP contribution in [-0.4, -0.2) is 50.0 Å². The largest absolute Gasteiger partial charge is 0.352 e. The van der Waals surface area contributed by atoms with Crippen LogP contribution in [0.1, 0.15) is 26.3 Å². The molecule has 168 valence electrons.